The van der Waals surface area contributed by atoms with Crippen molar-refractivity contribution >= 4 is 23.4 Å². The SMILES string of the molecule is CC(O)c1cccc(SCc2cccc(Cl)c2F)c1. The van der Waals surface area contributed by atoms with Crippen molar-refractivity contribution < 1.29 is 9.50 Å². The van der Waals surface area contributed by atoms with Gasteiger partial charge in [0.15, 0.2) is 0 Å². The summed E-state index contributed by atoms with van der Waals surface area (Å²) >= 11 is 7.26. The maximum absolute atomic E-state index is 13.7. The van der Waals surface area contributed by atoms with E-state index >= 15 is 0 Å². The summed E-state index contributed by atoms with van der Waals surface area (Å²) in [6, 6.07) is 12.6. The minimum Gasteiger partial charge on any atom is -0.389 e. The van der Waals surface area contributed by atoms with Crippen LogP contribution in [-0.2, 0) is 5.75 Å². The van der Waals surface area contributed by atoms with Gasteiger partial charge in [-0.3, -0.25) is 0 Å². The molecule has 0 radical (unpaired) electrons. The first-order valence-electron chi connectivity index (χ1n) is 5.91. The normalized spacial score (nSPS) is 12.4. The highest BCUT2D eigenvalue weighted by Crippen LogP contribution is 2.28. The van der Waals surface area contributed by atoms with Crippen molar-refractivity contribution in [2.24, 2.45) is 0 Å². The standard InChI is InChI=1S/C15H14ClFOS/c1-10(18)11-4-2-6-13(8-11)19-9-12-5-3-7-14(16)15(12)17/h2-8,10,18H,9H2,1H3. The third-order valence-corrected chi connectivity index (χ3v) is 4.10. The van der Waals surface area contributed by atoms with Crippen LogP contribution in [0.25, 0.3) is 0 Å². The first kappa shape index (κ1) is 14.4. The van der Waals surface area contributed by atoms with Crippen molar-refractivity contribution in [3.63, 3.8) is 0 Å². The first-order valence-corrected chi connectivity index (χ1v) is 7.28. The van der Waals surface area contributed by atoms with Gasteiger partial charge in [0.1, 0.15) is 5.82 Å². The van der Waals surface area contributed by atoms with Crippen LogP contribution in [-0.4, -0.2) is 5.11 Å². The van der Waals surface area contributed by atoms with E-state index in [-0.39, 0.29) is 10.8 Å². The van der Waals surface area contributed by atoms with Gasteiger partial charge in [0.05, 0.1) is 11.1 Å². The minimum absolute atomic E-state index is 0.149. The van der Waals surface area contributed by atoms with Crippen LogP contribution in [0.3, 0.4) is 0 Å². The lowest BCUT2D eigenvalue weighted by Gasteiger charge is -2.08. The van der Waals surface area contributed by atoms with Crippen LogP contribution < -0.4 is 0 Å². The zero-order valence-corrected chi connectivity index (χ0v) is 12.0. The summed E-state index contributed by atoms with van der Waals surface area (Å²) in [7, 11) is 0. The highest BCUT2D eigenvalue weighted by Gasteiger charge is 2.07. The molecule has 0 aliphatic heterocycles. The lowest BCUT2D eigenvalue weighted by atomic mass is 10.1. The third-order valence-electron chi connectivity index (χ3n) is 2.77. The van der Waals surface area contributed by atoms with Gasteiger partial charge >= 0.3 is 0 Å². The molecule has 1 nitrogen and oxygen atoms in total. The maximum atomic E-state index is 13.7. The van der Waals surface area contributed by atoms with Crippen LogP contribution in [0, 0.1) is 5.82 Å². The Hall–Kier alpha value is -1.03. The largest absolute Gasteiger partial charge is 0.389 e. The Kier molecular flexibility index (Phi) is 4.86. The minimum atomic E-state index is -0.497. The van der Waals surface area contributed by atoms with Crippen molar-refractivity contribution in [1.29, 1.82) is 0 Å². The van der Waals surface area contributed by atoms with Crippen molar-refractivity contribution in [3.05, 3.63) is 64.4 Å². The molecular weight excluding hydrogens is 283 g/mol. The van der Waals surface area contributed by atoms with Gasteiger partial charge in [0, 0.05) is 10.6 Å². The van der Waals surface area contributed by atoms with Crippen LogP contribution in [0.4, 0.5) is 4.39 Å². The van der Waals surface area contributed by atoms with Gasteiger partial charge in [-0.1, -0.05) is 35.9 Å². The van der Waals surface area contributed by atoms with Crippen LogP contribution in [0.5, 0.6) is 0 Å². The van der Waals surface area contributed by atoms with E-state index in [1.165, 1.54) is 11.8 Å². The second-order valence-corrected chi connectivity index (χ2v) is 5.71. The van der Waals surface area contributed by atoms with Gasteiger partial charge in [-0.15, -0.1) is 11.8 Å². The molecule has 1 unspecified atom stereocenters. The quantitative estimate of drug-likeness (QED) is 0.816. The highest BCUT2D eigenvalue weighted by molar-refractivity contribution is 7.98. The highest BCUT2D eigenvalue weighted by atomic mass is 35.5. The fraction of sp³-hybridized carbons (Fsp3) is 0.200. The van der Waals surface area contributed by atoms with Gasteiger partial charge in [0.2, 0.25) is 0 Å². The van der Waals surface area contributed by atoms with Crippen LogP contribution in [0.1, 0.15) is 24.2 Å². The van der Waals surface area contributed by atoms with Crippen molar-refractivity contribution in [2.75, 3.05) is 0 Å². The molecule has 2 rings (SSSR count). The Morgan fingerprint density at radius 2 is 2.00 bits per heavy atom. The smallest absolute Gasteiger partial charge is 0.145 e. The molecule has 0 amide bonds. The molecule has 1 atom stereocenters. The van der Waals surface area contributed by atoms with E-state index in [4.69, 9.17) is 11.6 Å². The second-order valence-electron chi connectivity index (χ2n) is 4.25. The summed E-state index contributed by atoms with van der Waals surface area (Å²) in [6.07, 6.45) is -0.497. The lowest BCUT2D eigenvalue weighted by molar-refractivity contribution is 0.199. The van der Waals surface area contributed by atoms with Gasteiger partial charge in [-0.2, -0.15) is 0 Å². The molecule has 4 heteroatoms. The monoisotopic (exact) mass is 296 g/mol. The van der Waals surface area contributed by atoms with E-state index < -0.39 is 6.10 Å². The molecule has 0 saturated heterocycles. The second kappa shape index (κ2) is 6.42. The number of hydrogen-bond acceptors (Lipinski definition) is 2. The number of aliphatic hydroxyl groups excluding tert-OH is 1. The molecule has 2 aromatic carbocycles. The molecule has 100 valence electrons. The molecule has 0 saturated carbocycles. The molecule has 0 heterocycles. The summed E-state index contributed by atoms with van der Waals surface area (Å²) in [5, 5.41) is 9.68. The zero-order valence-electron chi connectivity index (χ0n) is 10.4. The molecule has 2 aromatic rings. The zero-order chi connectivity index (χ0) is 13.8. The Morgan fingerprint density at radius 3 is 2.74 bits per heavy atom. The van der Waals surface area contributed by atoms with Crippen LogP contribution in [0.2, 0.25) is 5.02 Å². The molecule has 19 heavy (non-hydrogen) atoms. The van der Waals surface area contributed by atoms with Crippen molar-refractivity contribution in [2.45, 2.75) is 23.7 Å². The van der Waals surface area contributed by atoms with E-state index in [1.54, 1.807) is 25.1 Å². The summed E-state index contributed by atoms with van der Waals surface area (Å²) < 4.78 is 13.7. The summed E-state index contributed by atoms with van der Waals surface area (Å²) in [4.78, 5) is 0.998. The Bertz CT molecular complexity index is 572. The Balaban J connectivity index is 2.10. The average molecular weight is 297 g/mol. The maximum Gasteiger partial charge on any atom is 0.145 e. The molecule has 0 aliphatic carbocycles. The topological polar surface area (TPSA) is 20.2 Å². The first-order chi connectivity index (χ1) is 9.08. The predicted octanol–water partition coefficient (Wildman–Crippen LogP) is 4.82. The van der Waals surface area contributed by atoms with E-state index in [0.717, 1.165) is 10.5 Å². The number of hydrogen-bond donors (Lipinski definition) is 1. The Labute approximate surface area is 121 Å². The molecule has 1 N–H and O–H groups in total. The summed E-state index contributed by atoms with van der Waals surface area (Å²) in [6.45, 7) is 1.72. The van der Waals surface area contributed by atoms with Gasteiger partial charge in [-0.25, -0.2) is 4.39 Å². The summed E-state index contributed by atoms with van der Waals surface area (Å²) in [5.41, 5.74) is 1.44. The number of thioether (sulfide) groups is 1. The van der Waals surface area contributed by atoms with Crippen molar-refractivity contribution in [3.8, 4) is 0 Å². The van der Waals surface area contributed by atoms with E-state index in [9.17, 15) is 9.50 Å². The fourth-order valence-electron chi connectivity index (χ4n) is 1.69. The van der Waals surface area contributed by atoms with E-state index in [2.05, 4.69) is 0 Å². The number of aliphatic hydroxyl groups is 1. The fourth-order valence-corrected chi connectivity index (χ4v) is 2.82. The van der Waals surface area contributed by atoms with Gasteiger partial charge in [0.25, 0.3) is 0 Å². The van der Waals surface area contributed by atoms with Gasteiger partial charge < -0.3 is 5.11 Å². The average Bonchev–Trinajstić information content (AvgIpc) is 2.41. The molecule has 0 aliphatic rings. The van der Waals surface area contributed by atoms with Crippen LogP contribution >= 0.6 is 23.4 Å². The molecular formula is C15H14ClFOS. The number of halogens is 2. The summed E-state index contributed by atoms with van der Waals surface area (Å²) in [5.74, 6) is 0.152. The van der Waals surface area contributed by atoms with Crippen molar-refractivity contribution in [1.82, 2.24) is 0 Å². The molecule has 0 fully saturated rings. The lowest BCUT2D eigenvalue weighted by Crippen LogP contribution is -1.91. The molecule has 0 spiro atoms. The van der Waals surface area contributed by atoms with E-state index in [0.29, 0.717) is 11.3 Å². The molecule has 0 bridgehead atoms. The Morgan fingerprint density at radius 1 is 1.26 bits per heavy atom. The van der Waals surface area contributed by atoms with E-state index in [1.807, 2.05) is 24.3 Å². The number of rotatable bonds is 4. The third kappa shape index (κ3) is 3.72. The van der Waals surface area contributed by atoms with Crippen LogP contribution in [0.15, 0.2) is 47.4 Å². The number of benzene rings is 2. The van der Waals surface area contributed by atoms with Gasteiger partial charge in [-0.05, 0) is 36.2 Å². The predicted molar refractivity (Wildman–Crippen MR) is 78.0 cm³/mol. The molecule has 0 aromatic heterocycles.